The number of benzene rings is 1. The number of hydrogen-bond donors (Lipinski definition) is 8. The van der Waals surface area contributed by atoms with Crippen molar-refractivity contribution in [2.45, 2.75) is 82.6 Å². The number of hydrogen-bond acceptors (Lipinski definition) is 25. The number of nitrogens with one attached hydrogen (secondary N) is 5. The maximum atomic E-state index is 14.4. The lowest BCUT2D eigenvalue weighted by atomic mass is 10.0. The van der Waals surface area contributed by atoms with E-state index in [1.54, 1.807) is 64.0 Å². The third-order valence-electron chi connectivity index (χ3n) is 14.3. The highest BCUT2D eigenvalue weighted by molar-refractivity contribution is 7.15. The minimum absolute atomic E-state index is 0.0354. The molecule has 9 N–H and O–H groups in total. The molecule has 7 aromatic heterocycles. The second kappa shape index (κ2) is 26.6. The Morgan fingerprint density at radius 2 is 1.44 bits per heavy atom. The average molecular weight is 1310 g/mol. The summed E-state index contributed by atoms with van der Waals surface area (Å²) in [5, 5.41) is 45.2. The van der Waals surface area contributed by atoms with Crippen molar-refractivity contribution < 1.29 is 53.2 Å². The summed E-state index contributed by atoms with van der Waals surface area (Å²) in [5.41, 5.74) is 8.37. The molecule has 10 heterocycles. The van der Waals surface area contributed by atoms with Crippen LogP contribution in [0.2, 0.25) is 0 Å². The lowest BCUT2D eigenvalue weighted by Gasteiger charge is -2.23. The van der Waals surface area contributed by atoms with Crippen LogP contribution < -0.4 is 32.3 Å². The Hall–Kier alpha value is -8.21. The Kier molecular flexibility index (Phi) is 18.6. The highest BCUT2D eigenvalue weighted by atomic mass is 32.1. The van der Waals surface area contributed by atoms with Gasteiger partial charge in [-0.25, -0.2) is 39.9 Å². The number of primary amides is 1. The number of carbonyl (C=O) groups excluding carboxylic acids is 7. The number of aliphatic hydroxyl groups excluding tert-OH is 2. The van der Waals surface area contributed by atoms with Crippen molar-refractivity contribution in [3.63, 3.8) is 0 Å². The molecular formula is C56H55N15O11S6. The molecule has 0 saturated carbocycles. The molecule has 10 bridgehead atoms. The first kappa shape index (κ1) is 61.4. The van der Waals surface area contributed by atoms with Crippen LogP contribution in [0.1, 0.15) is 125 Å². The zero-order chi connectivity index (χ0) is 61.9. The molecule has 3 aliphatic heterocycles. The molecule has 6 unspecified atom stereocenters. The van der Waals surface area contributed by atoms with Crippen LogP contribution in [0.4, 0.5) is 0 Å². The smallest absolute Gasteiger partial charge is 0.271 e. The molecule has 26 nitrogen and oxygen atoms in total. The van der Waals surface area contributed by atoms with Crippen LogP contribution in [0.25, 0.3) is 43.4 Å². The lowest BCUT2D eigenvalue weighted by Crippen LogP contribution is -2.47. The van der Waals surface area contributed by atoms with Gasteiger partial charge in [-0.2, -0.15) is 0 Å². The van der Waals surface area contributed by atoms with Crippen molar-refractivity contribution in [3.05, 3.63) is 117 Å². The summed E-state index contributed by atoms with van der Waals surface area (Å²) in [4.78, 5) is 136. The van der Waals surface area contributed by atoms with Crippen molar-refractivity contribution in [2.75, 3.05) is 33.9 Å². The van der Waals surface area contributed by atoms with E-state index in [0.717, 1.165) is 34.0 Å². The molecule has 6 atom stereocenters. The molecule has 3 aliphatic rings. The van der Waals surface area contributed by atoms with Crippen molar-refractivity contribution in [2.24, 2.45) is 16.6 Å². The Morgan fingerprint density at radius 1 is 0.750 bits per heavy atom. The molecule has 8 aromatic rings. The van der Waals surface area contributed by atoms with Crippen LogP contribution in [-0.4, -0.2) is 143 Å². The van der Waals surface area contributed by atoms with Gasteiger partial charge in [0.2, 0.25) is 23.6 Å². The number of carbonyl (C=O) groups is 7. The predicted molar refractivity (Wildman–Crippen MR) is 328 cm³/mol. The van der Waals surface area contributed by atoms with Crippen LogP contribution in [0.3, 0.4) is 0 Å². The summed E-state index contributed by atoms with van der Waals surface area (Å²) in [7, 11) is 2.87. The van der Waals surface area contributed by atoms with E-state index in [2.05, 4.69) is 36.6 Å². The summed E-state index contributed by atoms with van der Waals surface area (Å²) >= 11 is 6.93. The van der Waals surface area contributed by atoms with E-state index in [4.69, 9.17) is 45.1 Å². The summed E-state index contributed by atoms with van der Waals surface area (Å²) in [6.07, 6.45) is -0.521. The normalized spacial score (nSPS) is 19.5. The van der Waals surface area contributed by atoms with E-state index >= 15 is 0 Å². The molecule has 88 heavy (non-hydrogen) atoms. The summed E-state index contributed by atoms with van der Waals surface area (Å²) < 4.78 is 11.4. The van der Waals surface area contributed by atoms with Gasteiger partial charge in [0.25, 0.3) is 23.6 Å². The van der Waals surface area contributed by atoms with Crippen LogP contribution >= 0.6 is 68.0 Å². The SMILES string of the molecule is CNC(=O)CC1NC(=O)c2nc(sc2COC)C(C(C)C)NC(=O)c2csc(n2)-c2ccc(-c3nc(C4=NC(C(=O)N5CCCC5C(N)=O)CO4)cs3)nc2-c2csc(n2)-c2csc(n2)C(C(O)c2ccccc2)NC(=O)CNC(=O)c2nc1sc2CO. The number of ether oxygens (including phenoxy) is 2. The third kappa shape index (κ3) is 13.0. The average Bonchev–Trinajstić information content (AvgIpc) is 3.34. The van der Waals surface area contributed by atoms with E-state index in [1.807, 2.05) is 13.8 Å². The summed E-state index contributed by atoms with van der Waals surface area (Å²) in [5.74, 6) is -4.31. The Labute approximate surface area is 525 Å². The first-order valence-electron chi connectivity index (χ1n) is 27.4. The van der Waals surface area contributed by atoms with Gasteiger partial charge >= 0.3 is 0 Å². The maximum Gasteiger partial charge on any atom is 0.271 e. The van der Waals surface area contributed by atoms with E-state index in [-0.39, 0.29) is 64.3 Å². The van der Waals surface area contributed by atoms with Gasteiger partial charge in [-0.15, -0.1) is 68.0 Å². The number of nitrogens with zero attached hydrogens (tertiary/aromatic N) is 9. The number of pyridine rings is 1. The van der Waals surface area contributed by atoms with Gasteiger partial charge in [0.1, 0.15) is 94.7 Å². The number of rotatable bonds is 12. The first-order chi connectivity index (χ1) is 42.5. The molecule has 1 aromatic carbocycles. The molecule has 0 spiro atoms. The van der Waals surface area contributed by atoms with Crippen molar-refractivity contribution in [1.29, 1.82) is 0 Å². The van der Waals surface area contributed by atoms with Gasteiger partial charge in [0.05, 0.1) is 53.7 Å². The van der Waals surface area contributed by atoms with E-state index in [1.165, 1.54) is 53.1 Å². The number of amides is 7. The number of nitrogens with two attached hydrogens (primary N) is 1. The summed E-state index contributed by atoms with van der Waals surface area (Å²) in [6, 6.07) is 7.61. The molecular weight excluding hydrogens is 1250 g/mol. The zero-order valence-corrected chi connectivity index (χ0v) is 52.1. The first-order valence-corrected chi connectivity index (χ1v) is 32.5. The molecule has 1 fully saturated rings. The number of likely N-dealkylation sites (tertiary alicyclic amines) is 1. The van der Waals surface area contributed by atoms with E-state index < -0.39 is 84.9 Å². The number of aliphatic imine (C=N–C) groups is 1. The van der Waals surface area contributed by atoms with Crippen LogP contribution in [0, 0.1) is 5.92 Å². The Balaban J connectivity index is 0.972. The van der Waals surface area contributed by atoms with Gasteiger partial charge in [0.15, 0.2) is 6.04 Å². The molecule has 0 aliphatic carbocycles. The predicted octanol–water partition coefficient (Wildman–Crippen LogP) is 5.12. The number of methoxy groups -OCH3 is 1. The number of aromatic nitrogens is 7. The largest absolute Gasteiger partial charge is 0.473 e. The maximum absolute atomic E-state index is 14.4. The van der Waals surface area contributed by atoms with Crippen LogP contribution in [-0.2, 0) is 41.9 Å². The highest BCUT2D eigenvalue weighted by Crippen LogP contribution is 2.40. The van der Waals surface area contributed by atoms with Gasteiger partial charge < -0.3 is 56.9 Å². The number of fused-ring (bicyclic) bond motifs is 14. The minimum Gasteiger partial charge on any atom is -0.473 e. The number of aliphatic hydroxyl groups is 2. The molecule has 11 rings (SSSR count). The molecule has 0 radical (unpaired) electrons. The quantitative estimate of drug-likeness (QED) is 0.0787. The minimum atomic E-state index is -1.32. The standard InChI is InChI=1S/C56H55N15O11S6/c1-24(2)39-55-70-42(36(88-55)19-81-4)48(79)61-28(15-37(73)58-3)53-69-41(35(17-72)87-53)47(78)59-16-38(74)67-43(44(75)25-9-6-5-7-10-25)54-66-33(23-86-54)52-63-30(20-84-52)40-26(50-64-31(21-83-50)46(77)68-39)12-13-27(60-40)51-65-32(22-85-51)49-62-29(18-82-49)56(80)71-14-8-11-34(71)45(57)76/h5-7,9-10,12-13,20-24,28-29,34,39,43-44,72,75H,8,11,14-19H2,1-4H3,(H2,57,76)(H,58,73)(H,59,78)(H,61,79)(H,67,74)(H,68,77). The third-order valence-corrected chi connectivity index (χ3v) is 20.1. The summed E-state index contributed by atoms with van der Waals surface area (Å²) in [6.45, 7) is 2.83. The Morgan fingerprint density at radius 3 is 2.19 bits per heavy atom. The Bertz CT molecular complexity index is 4010. The fraction of sp³-hybridized carbons (Fsp3) is 0.339. The zero-order valence-electron chi connectivity index (χ0n) is 47.2. The van der Waals surface area contributed by atoms with Crippen LogP contribution in [0.5, 0.6) is 0 Å². The highest BCUT2D eigenvalue weighted by Gasteiger charge is 2.39. The van der Waals surface area contributed by atoms with Gasteiger partial charge in [-0.05, 0) is 36.5 Å². The van der Waals surface area contributed by atoms with Gasteiger partial charge in [-0.1, -0.05) is 44.2 Å². The van der Waals surface area contributed by atoms with E-state index in [9.17, 15) is 43.8 Å². The molecule has 32 heteroatoms. The van der Waals surface area contributed by atoms with E-state index in [0.29, 0.717) is 88.9 Å². The van der Waals surface area contributed by atoms with Crippen molar-refractivity contribution in [1.82, 2.24) is 66.4 Å². The van der Waals surface area contributed by atoms with Crippen molar-refractivity contribution in [3.8, 4) is 43.4 Å². The molecule has 456 valence electrons. The van der Waals surface area contributed by atoms with Crippen LogP contribution in [0.15, 0.2) is 69.0 Å². The number of thiazole rings is 6. The monoisotopic (exact) mass is 1310 g/mol. The fourth-order valence-corrected chi connectivity index (χ4v) is 15.4. The molecule has 1 saturated heterocycles. The molecule has 7 amide bonds. The fourth-order valence-electron chi connectivity index (χ4n) is 9.87. The van der Waals surface area contributed by atoms with Gasteiger partial charge in [0, 0.05) is 47.8 Å². The topological polar surface area (TPSA) is 370 Å². The van der Waals surface area contributed by atoms with Crippen molar-refractivity contribution >= 4 is 115 Å². The second-order valence-electron chi connectivity index (χ2n) is 20.6. The lowest BCUT2D eigenvalue weighted by molar-refractivity contribution is -0.138. The second-order valence-corrected chi connectivity index (χ2v) is 26.2. The van der Waals surface area contributed by atoms with Gasteiger partial charge in [-0.3, -0.25) is 33.6 Å².